The fraction of sp³-hybridized carbons (Fsp3) is 0. The van der Waals surface area contributed by atoms with Crippen molar-refractivity contribution < 1.29 is 4.79 Å². The molecule has 0 bridgehead atoms. The van der Waals surface area contributed by atoms with E-state index in [9.17, 15) is 4.79 Å². The van der Waals surface area contributed by atoms with Crippen LogP contribution in [0.15, 0.2) is 18.6 Å². The number of nitrogens with zero attached hydrogens (tertiary/aromatic N) is 4. The molecule has 2 aromatic rings. The van der Waals surface area contributed by atoms with Gasteiger partial charge in [0.05, 0.1) is 6.20 Å². The van der Waals surface area contributed by atoms with Crippen LogP contribution in [0.25, 0.3) is 10.7 Å². The maximum Gasteiger partial charge on any atom is 0.279 e. The van der Waals surface area contributed by atoms with Gasteiger partial charge in [0.15, 0.2) is 5.01 Å². The molecular weight excluding hydrogens is 202 g/mol. The van der Waals surface area contributed by atoms with E-state index >= 15 is 0 Å². The van der Waals surface area contributed by atoms with Gasteiger partial charge in [-0.2, -0.15) is 0 Å². The Morgan fingerprint density at radius 3 is 2.79 bits per heavy atom. The van der Waals surface area contributed by atoms with Gasteiger partial charge in [-0.25, -0.2) is 0 Å². The molecule has 2 rings (SSSR count). The average Bonchev–Trinajstić information content (AvgIpc) is 2.68. The number of nitrogens with two attached hydrogens (primary N) is 1. The summed E-state index contributed by atoms with van der Waals surface area (Å²) in [6.45, 7) is 0. The normalized spacial score (nSPS) is 10.0. The van der Waals surface area contributed by atoms with Crippen LogP contribution in [0, 0.1) is 0 Å². The summed E-state index contributed by atoms with van der Waals surface area (Å²) in [5, 5.41) is 8.10. The van der Waals surface area contributed by atoms with Gasteiger partial charge in [-0.1, -0.05) is 11.3 Å². The van der Waals surface area contributed by atoms with Crippen molar-refractivity contribution in [3.8, 4) is 10.7 Å². The standard InChI is InChI=1S/C7H5N5OS/c8-5(13)7-12-11-6(14-7)4-3-9-1-2-10-4/h1-3H,(H2,8,13). The molecule has 0 aromatic carbocycles. The van der Waals surface area contributed by atoms with Crippen LogP contribution in [-0.2, 0) is 0 Å². The number of amides is 1. The Kier molecular flexibility index (Phi) is 2.15. The lowest BCUT2D eigenvalue weighted by Crippen LogP contribution is -2.10. The smallest absolute Gasteiger partial charge is 0.279 e. The van der Waals surface area contributed by atoms with Crippen molar-refractivity contribution in [2.24, 2.45) is 5.73 Å². The van der Waals surface area contributed by atoms with Gasteiger partial charge in [0.25, 0.3) is 5.91 Å². The number of aromatic nitrogens is 4. The van der Waals surface area contributed by atoms with Crippen molar-refractivity contribution in [2.45, 2.75) is 0 Å². The average molecular weight is 207 g/mol. The Morgan fingerprint density at radius 1 is 1.36 bits per heavy atom. The van der Waals surface area contributed by atoms with E-state index in [-0.39, 0.29) is 5.01 Å². The van der Waals surface area contributed by atoms with Gasteiger partial charge in [-0.05, 0) is 0 Å². The lowest BCUT2D eigenvalue weighted by atomic mass is 10.5. The van der Waals surface area contributed by atoms with E-state index in [2.05, 4.69) is 20.2 Å². The SMILES string of the molecule is NC(=O)c1nnc(-c2cnccn2)s1. The fourth-order valence-electron chi connectivity index (χ4n) is 0.836. The van der Waals surface area contributed by atoms with E-state index in [4.69, 9.17) is 5.73 Å². The minimum Gasteiger partial charge on any atom is -0.363 e. The minimum atomic E-state index is -0.586. The van der Waals surface area contributed by atoms with Crippen LogP contribution in [0.2, 0.25) is 0 Å². The first-order valence-electron chi connectivity index (χ1n) is 3.67. The molecule has 0 saturated heterocycles. The largest absolute Gasteiger partial charge is 0.363 e. The first kappa shape index (κ1) is 8.70. The van der Waals surface area contributed by atoms with Crippen LogP contribution in [-0.4, -0.2) is 26.1 Å². The van der Waals surface area contributed by atoms with Crippen molar-refractivity contribution in [2.75, 3.05) is 0 Å². The maximum absolute atomic E-state index is 10.7. The predicted molar refractivity (Wildman–Crippen MR) is 49.5 cm³/mol. The molecule has 0 fully saturated rings. The molecule has 0 aliphatic carbocycles. The van der Waals surface area contributed by atoms with Crippen molar-refractivity contribution in [1.82, 2.24) is 20.2 Å². The number of primary amides is 1. The number of carbonyl (C=O) groups excluding carboxylic acids is 1. The monoisotopic (exact) mass is 207 g/mol. The Morgan fingerprint density at radius 2 is 2.21 bits per heavy atom. The van der Waals surface area contributed by atoms with Gasteiger partial charge >= 0.3 is 0 Å². The second-order valence-corrected chi connectivity index (χ2v) is 3.34. The highest BCUT2D eigenvalue weighted by atomic mass is 32.1. The zero-order chi connectivity index (χ0) is 9.97. The van der Waals surface area contributed by atoms with Crippen LogP contribution >= 0.6 is 11.3 Å². The van der Waals surface area contributed by atoms with E-state index in [1.54, 1.807) is 18.6 Å². The van der Waals surface area contributed by atoms with Crippen LogP contribution in [0.4, 0.5) is 0 Å². The molecule has 14 heavy (non-hydrogen) atoms. The molecule has 2 aromatic heterocycles. The van der Waals surface area contributed by atoms with Gasteiger partial charge in [0.2, 0.25) is 5.01 Å². The third kappa shape index (κ3) is 1.57. The molecule has 6 nitrogen and oxygen atoms in total. The molecule has 0 spiro atoms. The van der Waals surface area contributed by atoms with Gasteiger partial charge in [0, 0.05) is 12.4 Å². The summed E-state index contributed by atoms with van der Waals surface area (Å²) in [5.74, 6) is -0.586. The van der Waals surface area contributed by atoms with E-state index < -0.39 is 5.91 Å². The molecule has 7 heteroatoms. The Labute approximate surface area is 82.8 Å². The summed E-state index contributed by atoms with van der Waals surface area (Å²) in [6.07, 6.45) is 4.64. The van der Waals surface area contributed by atoms with Crippen molar-refractivity contribution >= 4 is 17.2 Å². The zero-order valence-corrected chi connectivity index (χ0v) is 7.73. The molecule has 0 radical (unpaired) electrons. The molecule has 0 unspecified atom stereocenters. The topological polar surface area (TPSA) is 94.7 Å². The number of carbonyl (C=O) groups is 1. The number of hydrogen-bond acceptors (Lipinski definition) is 6. The van der Waals surface area contributed by atoms with Crippen LogP contribution in [0.5, 0.6) is 0 Å². The van der Waals surface area contributed by atoms with E-state index in [0.29, 0.717) is 10.7 Å². The van der Waals surface area contributed by atoms with Gasteiger partial charge in [0.1, 0.15) is 5.69 Å². The number of rotatable bonds is 2. The molecule has 0 aliphatic rings. The van der Waals surface area contributed by atoms with Crippen LogP contribution in [0.1, 0.15) is 9.80 Å². The lowest BCUT2D eigenvalue weighted by molar-refractivity contribution is 0.0999. The van der Waals surface area contributed by atoms with Gasteiger partial charge in [-0.3, -0.25) is 14.8 Å². The zero-order valence-electron chi connectivity index (χ0n) is 6.91. The summed E-state index contributed by atoms with van der Waals surface area (Å²) >= 11 is 1.09. The maximum atomic E-state index is 10.7. The Hall–Kier alpha value is -1.89. The molecule has 70 valence electrons. The molecule has 0 aliphatic heterocycles. The number of hydrogen-bond donors (Lipinski definition) is 1. The highest BCUT2D eigenvalue weighted by Gasteiger charge is 2.10. The van der Waals surface area contributed by atoms with Crippen molar-refractivity contribution in [3.63, 3.8) is 0 Å². The second kappa shape index (κ2) is 3.46. The molecule has 0 atom stereocenters. The summed E-state index contributed by atoms with van der Waals surface area (Å²) in [6, 6.07) is 0. The highest BCUT2D eigenvalue weighted by Crippen LogP contribution is 2.19. The lowest BCUT2D eigenvalue weighted by Gasteiger charge is -1.89. The molecule has 0 saturated carbocycles. The first-order chi connectivity index (χ1) is 6.77. The minimum absolute atomic E-state index is 0.172. The Balaban J connectivity index is 2.39. The fourth-order valence-corrected chi connectivity index (χ4v) is 1.49. The predicted octanol–water partition coefficient (Wildman–Crippen LogP) is 0.0940. The molecule has 2 N–H and O–H groups in total. The molecule has 2 heterocycles. The first-order valence-corrected chi connectivity index (χ1v) is 4.48. The van der Waals surface area contributed by atoms with E-state index in [1.165, 1.54) is 0 Å². The summed E-state index contributed by atoms with van der Waals surface area (Å²) in [4.78, 5) is 18.6. The van der Waals surface area contributed by atoms with Gasteiger partial charge in [-0.15, -0.1) is 10.2 Å². The summed E-state index contributed by atoms with van der Waals surface area (Å²) in [5.41, 5.74) is 5.62. The highest BCUT2D eigenvalue weighted by molar-refractivity contribution is 7.16. The van der Waals surface area contributed by atoms with Crippen molar-refractivity contribution in [3.05, 3.63) is 23.6 Å². The van der Waals surface area contributed by atoms with Gasteiger partial charge < -0.3 is 5.73 Å². The molecule has 1 amide bonds. The van der Waals surface area contributed by atoms with E-state index in [1.807, 2.05) is 0 Å². The van der Waals surface area contributed by atoms with E-state index in [0.717, 1.165) is 11.3 Å². The Bertz CT molecular complexity index is 454. The molecular formula is C7H5N5OS. The third-order valence-corrected chi connectivity index (χ3v) is 2.38. The summed E-state index contributed by atoms with van der Waals surface area (Å²) < 4.78 is 0. The quantitative estimate of drug-likeness (QED) is 0.753. The van der Waals surface area contributed by atoms with Crippen LogP contribution < -0.4 is 5.73 Å². The van der Waals surface area contributed by atoms with Crippen LogP contribution in [0.3, 0.4) is 0 Å². The van der Waals surface area contributed by atoms with Crippen molar-refractivity contribution in [1.29, 1.82) is 0 Å². The summed E-state index contributed by atoms with van der Waals surface area (Å²) in [7, 11) is 0. The second-order valence-electron chi connectivity index (χ2n) is 2.37. The third-order valence-electron chi connectivity index (χ3n) is 1.42.